The highest BCUT2D eigenvalue weighted by Gasteiger charge is 2.22. The molecule has 0 saturated carbocycles. The molecule has 154 valence electrons. The minimum Gasteiger partial charge on any atom is -0.454 e. The second-order valence-electron chi connectivity index (χ2n) is 7.10. The van der Waals surface area contributed by atoms with E-state index in [1.54, 1.807) is 18.2 Å². The van der Waals surface area contributed by atoms with Crippen molar-refractivity contribution in [2.24, 2.45) is 0 Å². The lowest BCUT2D eigenvalue weighted by Crippen LogP contribution is -2.18. The number of amides is 1. The second-order valence-corrected chi connectivity index (χ2v) is 8.10. The fraction of sp³-hybridized carbons (Fsp3) is 0.273. The topological polar surface area (TPSA) is 81.7 Å². The number of nitrogens with zero attached hydrogens (tertiary/aromatic N) is 1. The Morgan fingerprint density at radius 1 is 1.13 bits per heavy atom. The van der Waals surface area contributed by atoms with Gasteiger partial charge in [0.05, 0.1) is 11.8 Å². The summed E-state index contributed by atoms with van der Waals surface area (Å²) in [5.41, 5.74) is 2.20. The number of carbonyl (C=O) groups excluding carboxylic acids is 1. The van der Waals surface area contributed by atoms with Gasteiger partial charge in [0.15, 0.2) is 16.6 Å². The van der Waals surface area contributed by atoms with Crippen LogP contribution in [0.2, 0.25) is 0 Å². The number of benzene rings is 2. The van der Waals surface area contributed by atoms with Crippen molar-refractivity contribution in [1.29, 1.82) is 0 Å². The molecule has 3 aromatic rings. The normalized spacial score (nSPS) is 17.1. The molecule has 2 aromatic carbocycles. The van der Waals surface area contributed by atoms with E-state index in [1.807, 2.05) is 30.3 Å². The largest absolute Gasteiger partial charge is 0.454 e. The van der Waals surface area contributed by atoms with Gasteiger partial charge in [-0.25, -0.2) is 4.98 Å². The van der Waals surface area contributed by atoms with E-state index in [0.717, 1.165) is 25.0 Å². The highest BCUT2D eigenvalue weighted by Crippen LogP contribution is 2.36. The highest BCUT2D eigenvalue weighted by atomic mass is 32.1. The number of anilines is 2. The number of hydrogen-bond acceptors (Lipinski definition) is 7. The first-order valence-corrected chi connectivity index (χ1v) is 10.7. The Kier molecular flexibility index (Phi) is 5.25. The first-order chi connectivity index (χ1) is 14.8. The summed E-state index contributed by atoms with van der Waals surface area (Å²) in [7, 11) is 0. The van der Waals surface area contributed by atoms with Gasteiger partial charge in [-0.05, 0) is 25.0 Å². The molecule has 1 unspecified atom stereocenters. The van der Waals surface area contributed by atoms with Gasteiger partial charge in [-0.3, -0.25) is 4.79 Å². The summed E-state index contributed by atoms with van der Waals surface area (Å²) >= 11 is 1.34. The third-order valence-corrected chi connectivity index (χ3v) is 6.03. The molecule has 0 bridgehead atoms. The minimum absolute atomic E-state index is 0.194. The molecular formula is C22H21N3O4S. The molecule has 0 radical (unpaired) electrons. The van der Waals surface area contributed by atoms with Crippen molar-refractivity contribution in [3.8, 4) is 22.8 Å². The van der Waals surface area contributed by atoms with Crippen LogP contribution in [-0.2, 0) is 4.74 Å². The summed E-state index contributed by atoms with van der Waals surface area (Å²) < 4.78 is 16.4. The summed E-state index contributed by atoms with van der Waals surface area (Å²) in [6.45, 7) is 1.69. The zero-order valence-corrected chi connectivity index (χ0v) is 17.0. The first-order valence-electron chi connectivity index (χ1n) is 9.89. The van der Waals surface area contributed by atoms with Crippen molar-refractivity contribution in [1.82, 2.24) is 4.98 Å². The average molecular weight is 423 g/mol. The number of thiazole rings is 1. The van der Waals surface area contributed by atoms with E-state index in [-0.39, 0.29) is 18.8 Å². The highest BCUT2D eigenvalue weighted by molar-refractivity contribution is 7.18. The molecule has 1 amide bonds. The van der Waals surface area contributed by atoms with Crippen LogP contribution in [-0.4, -0.2) is 36.9 Å². The van der Waals surface area contributed by atoms with Gasteiger partial charge in [-0.1, -0.05) is 41.7 Å². The Hall–Kier alpha value is -3.10. The predicted molar refractivity (Wildman–Crippen MR) is 116 cm³/mol. The lowest BCUT2D eigenvalue weighted by Gasteiger charge is -2.09. The third kappa shape index (κ3) is 3.96. The maximum atomic E-state index is 13.1. The van der Waals surface area contributed by atoms with E-state index in [2.05, 4.69) is 10.6 Å². The van der Waals surface area contributed by atoms with Crippen molar-refractivity contribution in [3.63, 3.8) is 0 Å². The van der Waals surface area contributed by atoms with E-state index >= 15 is 0 Å². The van der Waals surface area contributed by atoms with Crippen LogP contribution in [0.5, 0.6) is 11.5 Å². The minimum atomic E-state index is -0.213. The lowest BCUT2D eigenvalue weighted by atomic mass is 10.1. The number of carbonyl (C=O) groups is 1. The van der Waals surface area contributed by atoms with Crippen LogP contribution in [0.1, 0.15) is 22.5 Å². The molecule has 8 heteroatoms. The average Bonchev–Trinajstić information content (AvgIpc) is 3.53. The van der Waals surface area contributed by atoms with Crippen molar-refractivity contribution < 1.29 is 19.0 Å². The molecule has 2 N–H and O–H groups in total. The fourth-order valence-corrected chi connectivity index (χ4v) is 4.40. The monoisotopic (exact) mass is 423 g/mol. The van der Waals surface area contributed by atoms with Crippen LogP contribution in [0, 0.1) is 0 Å². The standard InChI is InChI=1S/C22H21N3O4S/c26-21(24-15-8-9-17-18(11-15)29-13-28-17)20-19(14-5-2-1-3-6-14)25-22(30-20)23-12-16-7-4-10-27-16/h1-3,5-6,8-9,11,16H,4,7,10,12-13H2,(H,23,25)(H,24,26). The lowest BCUT2D eigenvalue weighted by molar-refractivity contribution is 0.103. The van der Waals surface area contributed by atoms with Crippen LogP contribution in [0.4, 0.5) is 10.8 Å². The summed E-state index contributed by atoms with van der Waals surface area (Å²) in [6.07, 6.45) is 2.32. The van der Waals surface area contributed by atoms with Gasteiger partial charge in [0, 0.05) is 30.5 Å². The summed E-state index contributed by atoms with van der Waals surface area (Å²) in [5, 5.41) is 7.00. The molecule has 1 saturated heterocycles. The van der Waals surface area contributed by atoms with Crippen LogP contribution < -0.4 is 20.1 Å². The summed E-state index contributed by atoms with van der Waals surface area (Å²) in [5.74, 6) is 1.09. The molecule has 5 rings (SSSR count). The molecule has 0 spiro atoms. The van der Waals surface area contributed by atoms with Crippen LogP contribution in [0.3, 0.4) is 0 Å². The zero-order valence-electron chi connectivity index (χ0n) is 16.2. The number of rotatable bonds is 6. The molecule has 2 aliphatic rings. The van der Waals surface area contributed by atoms with Crippen molar-refractivity contribution in [2.75, 3.05) is 30.6 Å². The van der Waals surface area contributed by atoms with Crippen LogP contribution in [0.25, 0.3) is 11.3 Å². The molecule has 0 aliphatic carbocycles. The van der Waals surface area contributed by atoms with Gasteiger partial charge in [0.25, 0.3) is 5.91 Å². The fourth-order valence-electron chi connectivity index (χ4n) is 3.51. The number of fused-ring (bicyclic) bond motifs is 1. The SMILES string of the molecule is O=C(Nc1ccc2c(c1)OCO2)c1sc(NCC2CCCO2)nc1-c1ccccc1. The Morgan fingerprint density at radius 2 is 2.00 bits per heavy atom. The molecule has 1 fully saturated rings. The number of hydrogen-bond donors (Lipinski definition) is 2. The molecule has 7 nitrogen and oxygen atoms in total. The van der Waals surface area contributed by atoms with Crippen molar-refractivity contribution in [2.45, 2.75) is 18.9 Å². The van der Waals surface area contributed by atoms with Gasteiger partial charge >= 0.3 is 0 Å². The van der Waals surface area contributed by atoms with Crippen molar-refractivity contribution >= 4 is 28.1 Å². The molecule has 3 heterocycles. The van der Waals surface area contributed by atoms with Gasteiger partial charge in [-0.15, -0.1) is 0 Å². The van der Waals surface area contributed by atoms with Gasteiger partial charge < -0.3 is 24.8 Å². The van der Waals surface area contributed by atoms with E-state index in [0.29, 0.717) is 39.4 Å². The van der Waals surface area contributed by atoms with E-state index < -0.39 is 0 Å². The van der Waals surface area contributed by atoms with E-state index in [4.69, 9.17) is 19.2 Å². The maximum absolute atomic E-state index is 13.1. The van der Waals surface area contributed by atoms with E-state index in [9.17, 15) is 4.79 Å². The Labute approximate surface area is 178 Å². The zero-order chi connectivity index (χ0) is 20.3. The van der Waals surface area contributed by atoms with Crippen LogP contribution in [0.15, 0.2) is 48.5 Å². The predicted octanol–water partition coefficient (Wildman–Crippen LogP) is 4.38. The Bertz CT molecular complexity index is 1050. The number of nitrogens with one attached hydrogen (secondary N) is 2. The summed E-state index contributed by atoms with van der Waals surface area (Å²) in [4.78, 5) is 18.4. The summed E-state index contributed by atoms with van der Waals surface area (Å²) in [6, 6.07) is 15.1. The Morgan fingerprint density at radius 3 is 2.83 bits per heavy atom. The smallest absolute Gasteiger partial charge is 0.268 e. The molecule has 1 atom stereocenters. The second kappa shape index (κ2) is 8.33. The molecule has 2 aliphatic heterocycles. The molecule has 1 aromatic heterocycles. The quantitative estimate of drug-likeness (QED) is 0.612. The Balaban J connectivity index is 1.39. The third-order valence-electron chi connectivity index (χ3n) is 5.02. The van der Waals surface area contributed by atoms with Crippen molar-refractivity contribution in [3.05, 3.63) is 53.4 Å². The maximum Gasteiger partial charge on any atom is 0.268 e. The molecule has 30 heavy (non-hydrogen) atoms. The molecular weight excluding hydrogens is 402 g/mol. The van der Waals surface area contributed by atoms with Gasteiger partial charge in [0.2, 0.25) is 6.79 Å². The number of aromatic nitrogens is 1. The first kappa shape index (κ1) is 18.9. The van der Waals surface area contributed by atoms with Gasteiger partial charge in [-0.2, -0.15) is 0 Å². The number of ether oxygens (including phenoxy) is 3. The van der Waals surface area contributed by atoms with E-state index in [1.165, 1.54) is 11.3 Å². The van der Waals surface area contributed by atoms with Crippen LogP contribution >= 0.6 is 11.3 Å². The van der Waals surface area contributed by atoms with Gasteiger partial charge in [0.1, 0.15) is 4.88 Å².